The van der Waals surface area contributed by atoms with Crippen molar-refractivity contribution < 1.29 is 81.1 Å². The predicted molar refractivity (Wildman–Crippen MR) is 70.9 cm³/mol. The zero-order valence-electron chi connectivity index (χ0n) is 12.8. The number of carboxylic acids is 3. The smallest absolute Gasteiger partial charge is 0.548 e. The van der Waals surface area contributed by atoms with Crippen LogP contribution in [0.5, 0.6) is 0 Å². The van der Waals surface area contributed by atoms with Crippen molar-refractivity contribution in [2.45, 2.75) is 64.3 Å². The minimum atomic E-state index is -1.42. The van der Waals surface area contributed by atoms with E-state index in [1.54, 1.807) is 0 Å². The molecule has 0 heterocycles. The van der Waals surface area contributed by atoms with Crippen molar-refractivity contribution in [3.63, 3.8) is 0 Å². The molecule has 21 heavy (non-hydrogen) atoms. The number of carbonyl (C=O) groups excluding carboxylic acids is 1. The topological polar surface area (TPSA) is 141 Å². The van der Waals surface area contributed by atoms with E-state index in [0.29, 0.717) is 6.42 Å². The zero-order chi connectivity index (χ0) is 16.0. The molecule has 0 spiro atoms. The van der Waals surface area contributed by atoms with Gasteiger partial charge in [0.1, 0.15) is 0 Å². The molecule has 0 aliphatic rings. The molecule has 0 saturated heterocycles. The molecule has 0 unspecified atom stereocenters. The quantitative estimate of drug-likeness (QED) is 0.294. The third-order valence-electron chi connectivity index (χ3n) is 2.47. The summed E-state index contributed by atoms with van der Waals surface area (Å²) in [5.74, 6) is -3.14. The van der Waals surface area contributed by atoms with Crippen molar-refractivity contribution in [3.8, 4) is 0 Å². The van der Waals surface area contributed by atoms with Gasteiger partial charge < -0.3 is 25.8 Å². The van der Waals surface area contributed by atoms with Crippen molar-refractivity contribution >= 4 is 17.9 Å². The average molecular weight is 329 g/mol. The Bertz CT molecular complexity index is 298. The monoisotopic (exact) mass is 329 g/mol. The van der Waals surface area contributed by atoms with Crippen LogP contribution in [0.3, 0.4) is 0 Å². The first-order valence-electron chi connectivity index (χ1n) is 6.71. The van der Waals surface area contributed by atoms with Crippen LogP contribution in [0.2, 0.25) is 0 Å². The van der Waals surface area contributed by atoms with Gasteiger partial charge in [-0.05, 0) is 12.8 Å². The van der Waals surface area contributed by atoms with Crippen LogP contribution in [0.15, 0.2) is 0 Å². The van der Waals surface area contributed by atoms with Crippen LogP contribution in [0, 0.1) is 0 Å². The molecule has 7 nitrogen and oxygen atoms in total. The van der Waals surface area contributed by atoms with Gasteiger partial charge in [-0.3, -0.25) is 9.59 Å². The van der Waals surface area contributed by atoms with Crippen molar-refractivity contribution in [2.75, 3.05) is 0 Å². The fraction of sp³-hybridized carbons (Fsp3) is 0.769. The van der Waals surface area contributed by atoms with Crippen LogP contribution in [0.25, 0.3) is 0 Å². The first-order chi connectivity index (χ1) is 9.31. The van der Waals surface area contributed by atoms with E-state index in [9.17, 15) is 19.5 Å². The summed E-state index contributed by atoms with van der Waals surface area (Å²) in [5, 5.41) is 26.2. The van der Waals surface area contributed by atoms with E-state index in [4.69, 9.17) is 15.9 Å². The van der Waals surface area contributed by atoms with Crippen LogP contribution in [-0.4, -0.2) is 34.2 Å². The predicted octanol–water partition coefficient (Wildman–Crippen LogP) is -2.64. The Morgan fingerprint density at radius 3 is 1.86 bits per heavy atom. The number of unbranched alkanes of at least 4 members (excludes halogenated alkanes) is 4. The van der Waals surface area contributed by atoms with Gasteiger partial charge in [-0.15, -0.1) is 0 Å². The molecule has 118 valence electrons. The number of aliphatic carboxylic acids is 3. The summed E-state index contributed by atoms with van der Waals surface area (Å²) in [7, 11) is 0. The first-order valence-corrected chi connectivity index (χ1v) is 6.71. The molecular weight excluding hydrogens is 305 g/mol. The number of nitrogens with two attached hydrogens (primary N) is 1. The Balaban J connectivity index is -0.000000295. The van der Waals surface area contributed by atoms with E-state index in [2.05, 4.69) is 6.92 Å². The summed E-state index contributed by atoms with van der Waals surface area (Å²) in [4.78, 5) is 29.8. The van der Waals surface area contributed by atoms with Gasteiger partial charge >= 0.3 is 63.3 Å². The number of hydrogen-bond acceptors (Lipinski definition) is 5. The van der Waals surface area contributed by atoms with Crippen LogP contribution in [-0.2, 0) is 14.4 Å². The summed E-state index contributed by atoms with van der Waals surface area (Å²) in [6, 6.07) is -1.17. The SMILES string of the molecule is CCCCCCCC(=O)O.N[C@@H](CCC(=O)O)C(=O)[O-].[K+]. The third kappa shape index (κ3) is 25.3. The summed E-state index contributed by atoms with van der Waals surface area (Å²) in [6.45, 7) is 2.15. The van der Waals surface area contributed by atoms with Gasteiger partial charge in [-0.25, -0.2) is 0 Å². The van der Waals surface area contributed by atoms with Crippen LogP contribution >= 0.6 is 0 Å². The van der Waals surface area contributed by atoms with E-state index in [0.717, 1.165) is 12.8 Å². The standard InChI is InChI=1S/C8H16O2.C5H9NO4.K/c1-2-3-4-5-6-7-8(9)10;6-3(5(9)10)1-2-4(7)8;/h2-7H2,1H3,(H,9,10);3H,1-2,6H2,(H,7,8)(H,9,10);/q;;+1/p-1/t;3-;/m.0./s1. The Hall–Kier alpha value is 0.00636. The van der Waals surface area contributed by atoms with Gasteiger partial charge in [-0.1, -0.05) is 32.6 Å². The van der Waals surface area contributed by atoms with Crippen molar-refractivity contribution in [3.05, 3.63) is 0 Å². The maximum absolute atomic E-state index is 10.0. The molecule has 8 heteroatoms. The van der Waals surface area contributed by atoms with E-state index in [1.807, 2.05) is 0 Å². The molecule has 0 aliphatic carbocycles. The van der Waals surface area contributed by atoms with E-state index >= 15 is 0 Å². The molecular formula is C13H24KNO6. The summed E-state index contributed by atoms with van der Waals surface area (Å²) in [6.07, 6.45) is 5.56. The molecule has 0 aromatic carbocycles. The van der Waals surface area contributed by atoms with Crippen LogP contribution in [0.4, 0.5) is 0 Å². The Kier molecular flexibility index (Phi) is 22.3. The molecule has 0 radical (unpaired) electrons. The fourth-order valence-electron chi connectivity index (χ4n) is 1.28. The normalized spacial score (nSPS) is 10.6. The van der Waals surface area contributed by atoms with Crippen molar-refractivity contribution in [1.82, 2.24) is 0 Å². The minimum Gasteiger partial charge on any atom is -0.548 e. The molecule has 0 amide bonds. The van der Waals surface area contributed by atoms with Gasteiger partial charge in [0.15, 0.2) is 0 Å². The average Bonchev–Trinajstić information content (AvgIpc) is 2.36. The van der Waals surface area contributed by atoms with E-state index in [-0.39, 0.29) is 64.2 Å². The largest absolute Gasteiger partial charge is 1.00 e. The van der Waals surface area contributed by atoms with Crippen LogP contribution in [0.1, 0.15) is 58.3 Å². The molecule has 0 fully saturated rings. The minimum absolute atomic E-state index is 0. The van der Waals surface area contributed by atoms with E-state index < -0.39 is 23.9 Å². The molecule has 4 N–H and O–H groups in total. The van der Waals surface area contributed by atoms with Crippen molar-refractivity contribution in [1.29, 1.82) is 0 Å². The van der Waals surface area contributed by atoms with Gasteiger partial charge in [-0.2, -0.15) is 0 Å². The van der Waals surface area contributed by atoms with Gasteiger partial charge in [0, 0.05) is 18.9 Å². The molecule has 0 saturated carbocycles. The summed E-state index contributed by atoms with van der Waals surface area (Å²) >= 11 is 0. The molecule has 0 aliphatic heterocycles. The first kappa shape index (κ1) is 25.9. The Morgan fingerprint density at radius 2 is 1.48 bits per heavy atom. The summed E-state index contributed by atoms with van der Waals surface area (Å²) < 4.78 is 0. The molecule has 0 rings (SSSR count). The Morgan fingerprint density at radius 1 is 1.00 bits per heavy atom. The Labute approximate surface area is 167 Å². The molecule has 1 atom stereocenters. The number of carboxylic acid groups (broad SMARTS) is 3. The van der Waals surface area contributed by atoms with Crippen molar-refractivity contribution in [2.24, 2.45) is 5.73 Å². The molecule has 0 aromatic heterocycles. The zero-order valence-corrected chi connectivity index (χ0v) is 16.0. The fourth-order valence-corrected chi connectivity index (χ4v) is 1.28. The van der Waals surface area contributed by atoms with Gasteiger partial charge in [0.2, 0.25) is 0 Å². The number of carbonyl (C=O) groups is 3. The van der Waals surface area contributed by atoms with Gasteiger partial charge in [0.25, 0.3) is 0 Å². The molecule has 0 aromatic rings. The van der Waals surface area contributed by atoms with Gasteiger partial charge in [0.05, 0.1) is 5.97 Å². The number of rotatable bonds is 10. The number of hydrogen-bond donors (Lipinski definition) is 3. The van der Waals surface area contributed by atoms with Crippen LogP contribution < -0.4 is 62.2 Å². The maximum Gasteiger partial charge on any atom is 1.00 e. The second-order valence-electron chi connectivity index (χ2n) is 4.42. The second kappa shape index (κ2) is 18.1. The maximum atomic E-state index is 10.0. The third-order valence-corrected chi connectivity index (χ3v) is 2.47. The second-order valence-corrected chi connectivity index (χ2v) is 4.42. The molecule has 0 bridgehead atoms. The van der Waals surface area contributed by atoms with E-state index in [1.165, 1.54) is 19.3 Å². The summed E-state index contributed by atoms with van der Waals surface area (Å²) in [5.41, 5.74) is 4.94.